The van der Waals surface area contributed by atoms with Gasteiger partial charge in [0.1, 0.15) is 5.82 Å². The highest BCUT2D eigenvalue weighted by atomic mass is 32.2. The molecular weight excluding hydrogens is 404 g/mol. The lowest BCUT2D eigenvalue weighted by molar-refractivity contribution is 0.102. The summed E-state index contributed by atoms with van der Waals surface area (Å²) < 4.78 is 32.9. The standard InChI is InChI=1S/C21H26N4O4S/c26-21(24-17-7-10-20(22-14-17)25-11-1-2-12-25)16-5-8-19(9-6-16)30(27,28)23-15-18-4-3-13-29-18/h5-10,14,18,23H,1-4,11-13,15H2,(H,24,26). The van der Waals surface area contributed by atoms with Gasteiger partial charge in [0.05, 0.1) is 22.9 Å². The summed E-state index contributed by atoms with van der Waals surface area (Å²) in [5.74, 6) is 0.595. The molecule has 1 aromatic heterocycles. The number of amides is 1. The van der Waals surface area contributed by atoms with E-state index < -0.39 is 10.0 Å². The van der Waals surface area contributed by atoms with Gasteiger partial charge in [0.25, 0.3) is 5.91 Å². The fourth-order valence-electron chi connectivity index (χ4n) is 3.67. The summed E-state index contributed by atoms with van der Waals surface area (Å²) in [6.45, 7) is 2.95. The molecule has 0 aliphatic carbocycles. The molecule has 160 valence electrons. The minimum absolute atomic E-state index is 0.0738. The average Bonchev–Trinajstić information content (AvgIpc) is 3.47. The molecule has 3 heterocycles. The number of nitrogens with one attached hydrogen (secondary N) is 2. The molecule has 30 heavy (non-hydrogen) atoms. The molecule has 2 N–H and O–H groups in total. The van der Waals surface area contributed by atoms with Crippen molar-refractivity contribution >= 4 is 27.4 Å². The first-order chi connectivity index (χ1) is 14.5. The molecule has 1 unspecified atom stereocenters. The minimum atomic E-state index is -3.64. The van der Waals surface area contributed by atoms with Gasteiger partial charge in [-0.25, -0.2) is 18.1 Å². The van der Waals surface area contributed by atoms with E-state index >= 15 is 0 Å². The van der Waals surface area contributed by atoms with Crippen molar-refractivity contribution in [2.45, 2.75) is 36.7 Å². The van der Waals surface area contributed by atoms with Gasteiger partial charge in [-0.3, -0.25) is 4.79 Å². The van der Waals surface area contributed by atoms with E-state index in [1.807, 2.05) is 12.1 Å². The molecule has 0 saturated carbocycles. The van der Waals surface area contributed by atoms with Gasteiger partial charge >= 0.3 is 0 Å². The summed E-state index contributed by atoms with van der Waals surface area (Å²) in [5, 5.41) is 2.79. The monoisotopic (exact) mass is 430 g/mol. The Hall–Kier alpha value is -2.49. The van der Waals surface area contributed by atoms with Crippen molar-refractivity contribution in [2.75, 3.05) is 36.5 Å². The fourth-order valence-corrected chi connectivity index (χ4v) is 4.74. The van der Waals surface area contributed by atoms with Crippen LogP contribution in [-0.2, 0) is 14.8 Å². The normalized spacial score (nSPS) is 19.2. The zero-order chi connectivity index (χ0) is 21.0. The number of ether oxygens (including phenoxy) is 1. The molecule has 2 aliphatic rings. The maximum Gasteiger partial charge on any atom is 0.255 e. The van der Waals surface area contributed by atoms with Crippen LogP contribution in [0.15, 0.2) is 47.5 Å². The van der Waals surface area contributed by atoms with E-state index in [-0.39, 0.29) is 23.5 Å². The Morgan fingerprint density at radius 2 is 1.87 bits per heavy atom. The van der Waals surface area contributed by atoms with Crippen molar-refractivity contribution in [1.29, 1.82) is 0 Å². The Labute approximate surface area is 176 Å². The molecule has 1 atom stereocenters. The SMILES string of the molecule is O=C(Nc1ccc(N2CCCC2)nc1)c1ccc(S(=O)(=O)NCC2CCCO2)cc1. The van der Waals surface area contributed by atoms with Gasteiger partial charge in [0.15, 0.2) is 0 Å². The highest BCUT2D eigenvalue weighted by Crippen LogP contribution is 2.20. The van der Waals surface area contributed by atoms with E-state index in [4.69, 9.17) is 4.74 Å². The van der Waals surface area contributed by atoms with Crippen LogP contribution in [0.3, 0.4) is 0 Å². The lowest BCUT2D eigenvalue weighted by Gasteiger charge is -2.16. The number of anilines is 2. The first-order valence-electron chi connectivity index (χ1n) is 10.2. The zero-order valence-electron chi connectivity index (χ0n) is 16.7. The number of carbonyl (C=O) groups excluding carboxylic acids is 1. The Bertz CT molecular complexity index is 965. The van der Waals surface area contributed by atoms with Crippen LogP contribution in [0, 0.1) is 0 Å². The van der Waals surface area contributed by atoms with Crippen molar-refractivity contribution < 1.29 is 17.9 Å². The molecule has 0 spiro atoms. The van der Waals surface area contributed by atoms with Crippen LogP contribution in [0.1, 0.15) is 36.0 Å². The summed E-state index contributed by atoms with van der Waals surface area (Å²) in [6.07, 6.45) is 5.72. The van der Waals surface area contributed by atoms with E-state index in [9.17, 15) is 13.2 Å². The van der Waals surface area contributed by atoms with Crippen molar-refractivity contribution in [3.8, 4) is 0 Å². The molecule has 2 fully saturated rings. The molecule has 2 saturated heterocycles. The van der Waals surface area contributed by atoms with Crippen molar-refractivity contribution in [3.05, 3.63) is 48.2 Å². The van der Waals surface area contributed by atoms with Gasteiger partial charge < -0.3 is 15.0 Å². The first-order valence-corrected chi connectivity index (χ1v) is 11.7. The molecule has 9 heteroatoms. The summed E-state index contributed by atoms with van der Waals surface area (Å²) in [7, 11) is -3.64. The van der Waals surface area contributed by atoms with Crippen LogP contribution in [0.2, 0.25) is 0 Å². The van der Waals surface area contributed by atoms with Crippen molar-refractivity contribution in [1.82, 2.24) is 9.71 Å². The summed E-state index contributed by atoms with van der Waals surface area (Å²) in [5.41, 5.74) is 0.967. The lowest BCUT2D eigenvalue weighted by Crippen LogP contribution is -2.31. The number of sulfonamides is 1. The predicted molar refractivity (Wildman–Crippen MR) is 114 cm³/mol. The minimum Gasteiger partial charge on any atom is -0.377 e. The number of benzene rings is 1. The van der Waals surface area contributed by atoms with E-state index in [0.717, 1.165) is 31.7 Å². The van der Waals surface area contributed by atoms with Gasteiger partial charge in [-0.2, -0.15) is 0 Å². The Morgan fingerprint density at radius 1 is 1.10 bits per heavy atom. The van der Waals surface area contributed by atoms with Crippen LogP contribution in [0.4, 0.5) is 11.5 Å². The Kier molecular flexibility index (Phi) is 6.31. The third-order valence-electron chi connectivity index (χ3n) is 5.39. The molecule has 1 amide bonds. The summed E-state index contributed by atoms with van der Waals surface area (Å²) in [6, 6.07) is 9.59. The van der Waals surface area contributed by atoms with Gasteiger partial charge in [0, 0.05) is 31.8 Å². The largest absolute Gasteiger partial charge is 0.377 e. The second kappa shape index (κ2) is 9.11. The zero-order valence-corrected chi connectivity index (χ0v) is 17.5. The van der Waals surface area contributed by atoms with Crippen molar-refractivity contribution in [3.63, 3.8) is 0 Å². The average molecular weight is 431 g/mol. The topological polar surface area (TPSA) is 101 Å². The van der Waals surface area contributed by atoms with Crippen molar-refractivity contribution in [2.24, 2.45) is 0 Å². The Balaban J connectivity index is 1.35. The Morgan fingerprint density at radius 3 is 2.50 bits per heavy atom. The maximum absolute atomic E-state index is 12.5. The number of hydrogen-bond acceptors (Lipinski definition) is 6. The summed E-state index contributed by atoms with van der Waals surface area (Å²) >= 11 is 0. The molecule has 0 radical (unpaired) electrons. The molecule has 2 aromatic rings. The number of rotatable bonds is 7. The quantitative estimate of drug-likeness (QED) is 0.700. The number of carbonyl (C=O) groups is 1. The van der Waals surface area contributed by atoms with Gasteiger partial charge in [-0.1, -0.05) is 0 Å². The summed E-state index contributed by atoms with van der Waals surface area (Å²) in [4.78, 5) is 19.2. The smallest absolute Gasteiger partial charge is 0.255 e. The van der Waals surface area contributed by atoms with Crippen LogP contribution in [0.5, 0.6) is 0 Å². The number of pyridine rings is 1. The second-order valence-corrected chi connectivity index (χ2v) is 9.33. The third kappa shape index (κ3) is 4.97. The van der Waals surface area contributed by atoms with Crippen LogP contribution >= 0.6 is 0 Å². The van der Waals surface area contributed by atoms with Gasteiger partial charge in [-0.15, -0.1) is 0 Å². The lowest BCUT2D eigenvalue weighted by atomic mass is 10.2. The number of aromatic nitrogens is 1. The molecule has 8 nitrogen and oxygen atoms in total. The van der Waals surface area contributed by atoms with Crippen LogP contribution in [-0.4, -0.2) is 51.7 Å². The molecule has 0 bridgehead atoms. The van der Waals surface area contributed by atoms with E-state index in [2.05, 4.69) is 19.9 Å². The first kappa shape index (κ1) is 20.8. The van der Waals surface area contributed by atoms with Gasteiger partial charge in [0.2, 0.25) is 10.0 Å². The fraction of sp³-hybridized carbons (Fsp3) is 0.429. The molecule has 2 aliphatic heterocycles. The van der Waals surface area contributed by atoms with E-state index in [0.29, 0.717) is 17.9 Å². The van der Waals surface area contributed by atoms with E-state index in [1.54, 1.807) is 6.20 Å². The number of nitrogens with zero attached hydrogens (tertiary/aromatic N) is 2. The third-order valence-corrected chi connectivity index (χ3v) is 6.83. The van der Waals surface area contributed by atoms with E-state index in [1.165, 1.54) is 37.1 Å². The predicted octanol–water partition coefficient (Wildman–Crippen LogP) is 2.39. The highest BCUT2D eigenvalue weighted by Gasteiger charge is 2.20. The maximum atomic E-state index is 12.5. The van der Waals surface area contributed by atoms with Crippen LogP contribution < -0.4 is 14.9 Å². The van der Waals surface area contributed by atoms with Gasteiger partial charge in [-0.05, 0) is 62.1 Å². The second-order valence-electron chi connectivity index (χ2n) is 7.56. The number of hydrogen-bond donors (Lipinski definition) is 2. The molecule has 4 rings (SSSR count). The van der Waals surface area contributed by atoms with Crippen LogP contribution in [0.25, 0.3) is 0 Å². The molecule has 1 aromatic carbocycles. The highest BCUT2D eigenvalue weighted by molar-refractivity contribution is 7.89. The molecular formula is C21H26N4O4S.